The highest BCUT2D eigenvalue weighted by Crippen LogP contribution is 2.33. The van der Waals surface area contributed by atoms with Crippen LogP contribution in [0.15, 0.2) is 12.1 Å². The molecular formula is C12H13NO6. The molecular weight excluding hydrogens is 254 g/mol. The number of carboxylic acid groups (broad SMARTS) is 2. The van der Waals surface area contributed by atoms with E-state index in [0.717, 1.165) is 13.0 Å². The zero-order valence-electron chi connectivity index (χ0n) is 10.6. The quantitative estimate of drug-likeness (QED) is 0.486. The molecule has 7 nitrogen and oxygen atoms in total. The SMILES string of the molecule is Cc1c([N+](=O)[O-])ccc(C(C)(C(=O)O)C(=O)O)c1C. The number of hydrogen-bond donors (Lipinski definition) is 2. The first kappa shape index (κ1) is 14.6. The molecule has 0 radical (unpaired) electrons. The van der Waals surface area contributed by atoms with Crippen LogP contribution in [0.4, 0.5) is 5.69 Å². The summed E-state index contributed by atoms with van der Waals surface area (Å²) < 4.78 is 0. The maximum Gasteiger partial charge on any atom is 0.325 e. The van der Waals surface area contributed by atoms with E-state index in [0.29, 0.717) is 5.56 Å². The van der Waals surface area contributed by atoms with E-state index in [9.17, 15) is 19.7 Å². The molecule has 1 aromatic carbocycles. The number of hydrogen-bond acceptors (Lipinski definition) is 4. The number of benzene rings is 1. The minimum Gasteiger partial charge on any atom is -0.480 e. The van der Waals surface area contributed by atoms with Gasteiger partial charge < -0.3 is 10.2 Å². The molecule has 0 unspecified atom stereocenters. The number of carbonyl (C=O) groups is 2. The third-order valence-electron chi connectivity index (χ3n) is 3.35. The van der Waals surface area contributed by atoms with Crippen LogP contribution >= 0.6 is 0 Å². The first-order valence-electron chi connectivity index (χ1n) is 5.35. The highest BCUT2D eigenvalue weighted by atomic mass is 16.6. The lowest BCUT2D eigenvalue weighted by molar-refractivity contribution is -0.385. The molecule has 2 N–H and O–H groups in total. The van der Waals surface area contributed by atoms with Crippen molar-refractivity contribution < 1.29 is 24.7 Å². The van der Waals surface area contributed by atoms with Gasteiger partial charge in [-0.1, -0.05) is 6.07 Å². The van der Waals surface area contributed by atoms with Crippen molar-refractivity contribution in [1.29, 1.82) is 0 Å². The lowest BCUT2D eigenvalue weighted by Crippen LogP contribution is -2.41. The summed E-state index contributed by atoms with van der Waals surface area (Å²) in [6.45, 7) is 3.99. The second-order valence-electron chi connectivity index (χ2n) is 4.37. The van der Waals surface area contributed by atoms with Crippen molar-refractivity contribution in [3.8, 4) is 0 Å². The van der Waals surface area contributed by atoms with Crippen molar-refractivity contribution in [2.45, 2.75) is 26.2 Å². The Morgan fingerprint density at radius 3 is 2.00 bits per heavy atom. The summed E-state index contributed by atoms with van der Waals surface area (Å²) >= 11 is 0. The van der Waals surface area contributed by atoms with Crippen LogP contribution in [0, 0.1) is 24.0 Å². The summed E-state index contributed by atoms with van der Waals surface area (Å²) in [7, 11) is 0. The van der Waals surface area contributed by atoms with Crippen molar-refractivity contribution in [3.05, 3.63) is 38.9 Å². The highest BCUT2D eigenvalue weighted by molar-refractivity contribution is 6.04. The van der Waals surface area contributed by atoms with E-state index in [-0.39, 0.29) is 16.8 Å². The molecule has 1 rings (SSSR count). The summed E-state index contributed by atoms with van der Waals surface area (Å²) in [6.07, 6.45) is 0. The van der Waals surface area contributed by atoms with E-state index in [1.54, 1.807) is 0 Å². The lowest BCUT2D eigenvalue weighted by atomic mass is 9.79. The molecule has 1 aromatic rings. The molecule has 0 fully saturated rings. The van der Waals surface area contributed by atoms with E-state index in [1.807, 2.05) is 0 Å². The minimum absolute atomic E-state index is 0.0376. The third kappa shape index (κ3) is 2.14. The van der Waals surface area contributed by atoms with Crippen LogP contribution in [-0.4, -0.2) is 27.1 Å². The Balaban J connectivity index is 3.61. The van der Waals surface area contributed by atoms with Crippen molar-refractivity contribution >= 4 is 17.6 Å². The fourth-order valence-corrected chi connectivity index (χ4v) is 1.87. The van der Waals surface area contributed by atoms with E-state index in [1.165, 1.54) is 19.9 Å². The van der Waals surface area contributed by atoms with Gasteiger partial charge in [-0.05, 0) is 31.9 Å². The Morgan fingerprint density at radius 2 is 1.63 bits per heavy atom. The van der Waals surface area contributed by atoms with Crippen molar-refractivity contribution in [3.63, 3.8) is 0 Å². The molecule has 0 aliphatic heterocycles. The van der Waals surface area contributed by atoms with Gasteiger partial charge in [0.25, 0.3) is 5.69 Å². The maximum absolute atomic E-state index is 11.2. The molecule has 102 valence electrons. The zero-order chi connectivity index (χ0) is 15.0. The number of aliphatic carboxylic acids is 2. The standard InChI is InChI=1S/C12H13NO6/c1-6-7(2)9(13(18)19)5-4-8(6)12(3,10(14)15)11(16)17/h4-5H,1-3H3,(H,14,15)(H,16,17). The predicted octanol–water partition coefficient (Wildman–Crippen LogP) is 1.64. The number of nitrogens with zero attached hydrogens (tertiary/aromatic N) is 1. The van der Waals surface area contributed by atoms with Gasteiger partial charge in [0.15, 0.2) is 5.41 Å². The van der Waals surface area contributed by atoms with Gasteiger partial charge in [-0.25, -0.2) is 0 Å². The van der Waals surface area contributed by atoms with Gasteiger partial charge >= 0.3 is 11.9 Å². The fourth-order valence-electron chi connectivity index (χ4n) is 1.87. The topological polar surface area (TPSA) is 118 Å². The predicted molar refractivity (Wildman–Crippen MR) is 65.2 cm³/mol. The van der Waals surface area contributed by atoms with Gasteiger partial charge in [0.2, 0.25) is 0 Å². The van der Waals surface area contributed by atoms with Crippen LogP contribution < -0.4 is 0 Å². The summed E-state index contributed by atoms with van der Waals surface area (Å²) in [5.41, 5.74) is -1.71. The second-order valence-corrected chi connectivity index (χ2v) is 4.37. The molecule has 0 atom stereocenters. The molecule has 0 bridgehead atoms. The van der Waals surface area contributed by atoms with Crippen LogP contribution in [0.5, 0.6) is 0 Å². The molecule has 19 heavy (non-hydrogen) atoms. The average molecular weight is 267 g/mol. The Bertz CT molecular complexity index is 564. The Hall–Kier alpha value is -2.44. The van der Waals surface area contributed by atoms with Gasteiger partial charge in [-0.15, -0.1) is 0 Å². The first-order chi connectivity index (χ1) is 8.63. The Kier molecular flexibility index (Phi) is 3.60. The molecule has 0 saturated heterocycles. The summed E-state index contributed by atoms with van der Waals surface area (Å²) in [6, 6.07) is 2.31. The number of nitro benzene ring substituents is 1. The van der Waals surface area contributed by atoms with Crippen LogP contribution in [-0.2, 0) is 15.0 Å². The fraction of sp³-hybridized carbons (Fsp3) is 0.333. The number of carboxylic acids is 2. The largest absolute Gasteiger partial charge is 0.480 e. The normalized spacial score (nSPS) is 11.1. The molecule has 0 aliphatic rings. The minimum atomic E-state index is -2.13. The number of nitro groups is 1. The zero-order valence-corrected chi connectivity index (χ0v) is 10.6. The number of rotatable bonds is 4. The Labute approximate surface area is 108 Å². The molecule has 0 spiro atoms. The van der Waals surface area contributed by atoms with Gasteiger partial charge in [-0.3, -0.25) is 19.7 Å². The summed E-state index contributed by atoms with van der Waals surface area (Å²) in [4.78, 5) is 32.6. The van der Waals surface area contributed by atoms with Gasteiger partial charge in [0, 0.05) is 11.6 Å². The third-order valence-corrected chi connectivity index (χ3v) is 3.35. The monoisotopic (exact) mass is 267 g/mol. The molecule has 0 aromatic heterocycles. The van der Waals surface area contributed by atoms with Crippen molar-refractivity contribution in [2.75, 3.05) is 0 Å². The molecule has 0 heterocycles. The van der Waals surface area contributed by atoms with E-state index in [2.05, 4.69) is 0 Å². The lowest BCUT2D eigenvalue weighted by Gasteiger charge is -2.23. The molecule has 0 amide bonds. The second kappa shape index (κ2) is 4.68. The van der Waals surface area contributed by atoms with Crippen molar-refractivity contribution in [2.24, 2.45) is 0 Å². The molecule has 7 heteroatoms. The van der Waals surface area contributed by atoms with Gasteiger partial charge in [0.1, 0.15) is 0 Å². The van der Waals surface area contributed by atoms with Gasteiger partial charge in [-0.2, -0.15) is 0 Å². The van der Waals surface area contributed by atoms with E-state index in [4.69, 9.17) is 10.2 Å². The summed E-state index contributed by atoms with van der Waals surface area (Å²) in [5.74, 6) is -3.03. The molecule has 0 aliphatic carbocycles. The smallest absolute Gasteiger partial charge is 0.325 e. The highest BCUT2D eigenvalue weighted by Gasteiger charge is 2.45. The van der Waals surface area contributed by atoms with Crippen LogP contribution in [0.1, 0.15) is 23.6 Å². The van der Waals surface area contributed by atoms with Crippen LogP contribution in [0.25, 0.3) is 0 Å². The maximum atomic E-state index is 11.2. The van der Waals surface area contributed by atoms with Crippen LogP contribution in [0.2, 0.25) is 0 Å². The first-order valence-corrected chi connectivity index (χ1v) is 5.35. The summed E-state index contributed by atoms with van der Waals surface area (Å²) in [5, 5.41) is 29.0. The van der Waals surface area contributed by atoms with Crippen LogP contribution in [0.3, 0.4) is 0 Å². The average Bonchev–Trinajstić information content (AvgIpc) is 2.30. The van der Waals surface area contributed by atoms with Crippen molar-refractivity contribution in [1.82, 2.24) is 0 Å². The van der Waals surface area contributed by atoms with E-state index >= 15 is 0 Å². The Morgan fingerprint density at radius 1 is 1.16 bits per heavy atom. The molecule has 0 saturated carbocycles. The van der Waals surface area contributed by atoms with Gasteiger partial charge in [0.05, 0.1) is 4.92 Å². The van der Waals surface area contributed by atoms with E-state index < -0.39 is 22.3 Å².